The molecule has 0 aliphatic heterocycles. The first-order valence-electron chi connectivity index (χ1n) is 7.61. The minimum atomic E-state index is 0.572. The molecule has 0 aromatic carbocycles. The third-order valence-corrected chi connectivity index (χ3v) is 5.25. The average Bonchev–Trinajstić information content (AvgIpc) is 3.18. The summed E-state index contributed by atoms with van der Waals surface area (Å²) in [6.45, 7) is 6.02. The number of guanidine groups is 1. The van der Waals surface area contributed by atoms with Gasteiger partial charge in [0.1, 0.15) is 0 Å². The van der Waals surface area contributed by atoms with Crippen LogP contribution in [0.25, 0.3) is 0 Å². The lowest BCUT2D eigenvalue weighted by Crippen LogP contribution is -2.39. The van der Waals surface area contributed by atoms with Gasteiger partial charge in [0.15, 0.2) is 5.96 Å². The van der Waals surface area contributed by atoms with Crippen molar-refractivity contribution in [2.45, 2.75) is 33.2 Å². The fourth-order valence-corrected chi connectivity index (χ4v) is 3.72. The minimum absolute atomic E-state index is 0.572. The molecule has 6 heteroatoms. The van der Waals surface area contributed by atoms with E-state index in [1.165, 1.54) is 9.88 Å². The zero-order chi connectivity index (χ0) is 15.8. The van der Waals surface area contributed by atoms with Crippen LogP contribution in [0.15, 0.2) is 27.9 Å². The van der Waals surface area contributed by atoms with Crippen LogP contribution in [0.1, 0.15) is 29.4 Å². The topological polar surface area (TPSA) is 49.3 Å². The predicted octanol–water partition coefficient (Wildman–Crippen LogP) is 3.31. The van der Waals surface area contributed by atoms with Gasteiger partial charge in [-0.3, -0.25) is 4.99 Å². The average molecular weight is 337 g/mol. The molecular formula is C16H24N4S2. The first-order valence-corrected chi connectivity index (χ1v) is 9.37. The molecular weight excluding hydrogens is 312 g/mol. The van der Waals surface area contributed by atoms with E-state index in [9.17, 15) is 0 Å². The summed E-state index contributed by atoms with van der Waals surface area (Å²) in [5.74, 6) is 1.41. The maximum Gasteiger partial charge on any atom is 0.191 e. The van der Waals surface area contributed by atoms with Crippen molar-refractivity contribution in [3.05, 3.63) is 38.5 Å². The first kappa shape index (κ1) is 17.0. The van der Waals surface area contributed by atoms with E-state index in [4.69, 9.17) is 0 Å². The molecule has 22 heavy (non-hydrogen) atoms. The maximum absolute atomic E-state index is 4.55. The molecule has 0 aliphatic rings. The summed E-state index contributed by atoms with van der Waals surface area (Å²) >= 11 is 3.54. The van der Waals surface area contributed by atoms with E-state index in [2.05, 4.69) is 57.4 Å². The predicted molar refractivity (Wildman–Crippen MR) is 96.9 cm³/mol. The van der Waals surface area contributed by atoms with Gasteiger partial charge in [-0.2, -0.15) is 0 Å². The lowest BCUT2D eigenvalue weighted by atomic mass is 10.1. The summed E-state index contributed by atoms with van der Waals surface area (Å²) in [4.78, 5) is 10.3. The largest absolute Gasteiger partial charge is 0.356 e. The van der Waals surface area contributed by atoms with Gasteiger partial charge in [0.2, 0.25) is 0 Å². The van der Waals surface area contributed by atoms with Crippen LogP contribution in [-0.4, -0.2) is 24.5 Å². The van der Waals surface area contributed by atoms with Gasteiger partial charge in [-0.25, -0.2) is 4.98 Å². The van der Waals surface area contributed by atoms with Gasteiger partial charge in [-0.05, 0) is 30.2 Å². The molecule has 0 radical (unpaired) electrons. The van der Waals surface area contributed by atoms with Crippen LogP contribution < -0.4 is 10.6 Å². The summed E-state index contributed by atoms with van der Waals surface area (Å²) in [5.41, 5.74) is 1.08. The van der Waals surface area contributed by atoms with E-state index in [1.807, 2.05) is 11.3 Å². The Morgan fingerprint density at radius 1 is 1.36 bits per heavy atom. The molecule has 0 amide bonds. The van der Waals surface area contributed by atoms with E-state index in [1.54, 1.807) is 18.4 Å². The third-order valence-electron chi connectivity index (χ3n) is 3.31. The highest BCUT2D eigenvalue weighted by atomic mass is 32.1. The van der Waals surface area contributed by atoms with Crippen LogP contribution >= 0.6 is 22.7 Å². The standard InChI is InChI=1S/C16H24N4S2/c1-4-15-20-13(11-22-15)10-19-16(17-3)18-9-12(2)8-14-6-5-7-21-14/h5-7,11-12H,4,8-10H2,1-3H3,(H2,17,18,19). The van der Waals surface area contributed by atoms with Crippen molar-refractivity contribution in [3.63, 3.8) is 0 Å². The molecule has 120 valence electrons. The Morgan fingerprint density at radius 3 is 2.86 bits per heavy atom. The smallest absolute Gasteiger partial charge is 0.191 e. The van der Waals surface area contributed by atoms with Gasteiger partial charge in [0.05, 0.1) is 17.2 Å². The highest BCUT2D eigenvalue weighted by Crippen LogP contribution is 2.13. The number of nitrogens with zero attached hydrogens (tertiary/aromatic N) is 2. The van der Waals surface area contributed by atoms with Gasteiger partial charge < -0.3 is 10.6 Å². The van der Waals surface area contributed by atoms with E-state index in [0.717, 1.165) is 37.6 Å². The Labute approximate surface area is 140 Å². The highest BCUT2D eigenvalue weighted by Gasteiger charge is 2.07. The Kier molecular flexibility index (Phi) is 6.86. The first-order chi connectivity index (χ1) is 10.7. The van der Waals surface area contributed by atoms with Crippen LogP contribution in [0.2, 0.25) is 0 Å². The number of hydrogen-bond acceptors (Lipinski definition) is 4. The second-order valence-electron chi connectivity index (χ2n) is 5.28. The summed E-state index contributed by atoms with van der Waals surface area (Å²) < 4.78 is 0. The van der Waals surface area contributed by atoms with Crippen molar-refractivity contribution >= 4 is 28.6 Å². The van der Waals surface area contributed by atoms with Crippen LogP contribution in [0.3, 0.4) is 0 Å². The zero-order valence-electron chi connectivity index (χ0n) is 13.4. The number of thiazole rings is 1. The number of aromatic nitrogens is 1. The van der Waals surface area contributed by atoms with Crippen LogP contribution in [0.5, 0.6) is 0 Å². The number of aryl methyl sites for hydroxylation is 1. The fraction of sp³-hybridized carbons (Fsp3) is 0.500. The molecule has 4 nitrogen and oxygen atoms in total. The van der Waals surface area contributed by atoms with E-state index in [0.29, 0.717) is 5.92 Å². The third kappa shape index (κ3) is 5.42. The number of thiophene rings is 1. The van der Waals surface area contributed by atoms with Gasteiger partial charge in [0, 0.05) is 23.8 Å². The number of rotatable bonds is 7. The van der Waals surface area contributed by atoms with Crippen LogP contribution in [0, 0.1) is 5.92 Å². The summed E-state index contributed by atoms with van der Waals surface area (Å²) in [5, 5.41) is 12.1. The molecule has 0 saturated carbocycles. The van der Waals surface area contributed by atoms with Gasteiger partial charge in [0.25, 0.3) is 0 Å². The molecule has 2 rings (SSSR count). The summed E-state index contributed by atoms with van der Waals surface area (Å²) in [6, 6.07) is 4.31. The maximum atomic E-state index is 4.55. The monoisotopic (exact) mass is 336 g/mol. The second-order valence-corrected chi connectivity index (χ2v) is 7.26. The zero-order valence-corrected chi connectivity index (χ0v) is 15.1. The van der Waals surface area contributed by atoms with Crippen LogP contribution in [0.4, 0.5) is 0 Å². The summed E-state index contributed by atoms with van der Waals surface area (Å²) in [7, 11) is 1.80. The molecule has 2 heterocycles. The fourth-order valence-electron chi connectivity index (χ4n) is 2.10. The number of aliphatic imine (C=N–C) groups is 1. The Bertz CT molecular complexity index is 575. The molecule has 1 unspecified atom stereocenters. The lowest BCUT2D eigenvalue weighted by molar-refractivity contribution is 0.562. The van der Waals surface area contributed by atoms with Crippen molar-refractivity contribution in [1.82, 2.24) is 15.6 Å². The van der Waals surface area contributed by atoms with E-state index in [-0.39, 0.29) is 0 Å². The molecule has 0 aliphatic carbocycles. The Morgan fingerprint density at radius 2 is 2.23 bits per heavy atom. The Balaban J connectivity index is 1.72. The van der Waals surface area contributed by atoms with Crippen molar-refractivity contribution < 1.29 is 0 Å². The van der Waals surface area contributed by atoms with Gasteiger partial charge >= 0.3 is 0 Å². The number of hydrogen-bond donors (Lipinski definition) is 2. The van der Waals surface area contributed by atoms with E-state index < -0.39 is 0 Å². The molecule has 1 atom stereocenters. The second kappa shape index (κ2) is 8.90. The molecule has 0 fully saturated rings. The quantitative estimate of drug-likeness (QED) is 0.602. The van der Waals surface area contributed by atoms with E-state index >= 15 is 0 Å². The molecule has 2 aromatic heterocycles. The molecule has 0 bridgehead atoms. The van der Waals surface area contributed by atoms with Crippen molar-refractivity contribution in [2.75, 3.05) is 13.6 Å². The van der Waals surface area contributed by atoms with Crippen LogP contribution in [-0.2, 0) is 19.4 Å². The molecule has 0 spiro atoms. The van der Waals surface area contributed by atoms with Crippen molar-refractivity contribution in [2.24, 2.45) is 10.9 Å². The van der Waals surface area contributed by atoms with Gasteiger partial charge in [-0.1, -0.05) is 19.9 Å². The summed E-state index contributed by atoms with van der Waals surface area (Å²) in [6.07, 6.45) is 2.10. The Hall–Kier alpha value is -1.40. The highest BCUT2D eigenvalue weighted by molar-refractivity contribution is 7.10. The minimum Gasteiger partial charge on any atom is -0.356 e. The SMILES string of the molecule is CCc1nc(CNC(=NC)NCC(C)Cc2cccs2)cs1. The molecule has 0 saturated heterocycles. The molecule has 2 aromatic rings. The normalized spacial score (nSPS) is 13.1. The van der Waals surface area contributed by atoms with Crippen molar-refractivity contribution in [1.29, 1.82) is 0 Å². The van der Waals surface area contributed by atoms with Crippen molar-refractivity contribution in [3.8, 4) is 0 Å². The lowest BCUT2D eigenvalue weighted by Gasteiger charge is -2.15. The molecule has 2 N–H and O–H groups in total. The van der Waals surface area contributed by atoms with Gasteiger partial charge in [-0.15, -0.1) is 22.7 Å². The number of nitrogens with one attached hydrogen (secondary N) is 2.